The zero-order chi connectivity index (χ0) is 8.69. The van der Waals surface area contributed by atoms with Gasteiger partial charge in [-0.05, 0) is 13.8 Å². The zero-order valence-corrected chi connectivity index (χ0v) is 7.20. The number of methoxy groups -OCH3 is 1. The van der Waals surface area contributed by atoms with Crippen molar-refractivity contribution in [1.82, 2.24) is 4.90 Å². The summed E-state index contributed by atoms with van der Waals surface area (Å²) in [5.74, 6) is 0. The predicted octanol–water partition coefficient (Wildman–Crippen LogP) is 1.12. The van der Waals surface area contributed by atoms with Crippen molar-refractivity contribution in [3.63, 3.8) is 0 Å². The van der Waals surface area contributed by atoms with E-state index in [9.17, 15) is 4.79 Å². The summed E-state index contributed by atoms with van der Waals surface area (Å²) in [6, 6.07) is 0. The van der Waals surface area contributed by atoms with Gasteiger partial charge in [-0.25, -0.2) is 4.79 Å². The molecular weight excluding hydrogens is 144 g/mol. The minimum Gasteiger partial charge on any atom is -0.451 e. The molecule has 0 saturated heterocycles. The molecule has 1 amide bonds. The number of carbonyl (C=O) groups excluding carboxylic acids is 1. The molecule has 0 aliphatic carbocycles. The summed E-state index contributed by atoms with van der Waals surface area (Å²) in [6.07, 6.45) is 0.933. The first-order valence-corrected chi connectivity index (χ1v) is 3.60. The summed E-state index contributed by atoms with van der Waals surface area (Å²) >= 11 is 0. The maximum atomic E-state index is 10.5. The van der Waals surface area contributed by atoms with Gasteiger partial charge in [-0.3, -0.25) is 0 Å². The molecule has 4 nitrogen and oxygen atoms in total. The van der Waals surface area contributed by atoms with Crippen LogP contribution in [0.1, 0.15) is 13.8 Å². The van der Waals surface area contributed by atoms with Crippen LogP contribution < -0.4 is 0 Å². The van der Waals surface area contributed by atoms with E-state index in [4.69, 9.17) is 0 Å². The molecule has 64 valence electrons. The average molecular weight is 158 g/mol. The van der Waals surface area contributed by atoms with Gasteiger partial charge in [-0.2, -0.15) is 4.99 Å². The largest absolute Gasteiger partial charge is 0.451 e. The third kappa shape index (κ3) is 4.36. The van der Waals surface area contributed by atoms with Crippen LogP contribution in [-0.2, 0) is 4.74 Å². The quantitative estimate of drug-likeness (QED) is 0.456. The molecule has 0 fully saturated rings. The van der Waals surface area contributed by atoms with Gasteiger partial charge in [-0.15, -0.1) is 0 Å². The van der Waals surface area contributed by atoms with Crippen LogP contribution in [0.4, 0.5) is 4.79 Å². The monoisotopic (exact) mass is 158 g/mol. The fraction of sp³-hybridized carbons (Fsp3) is 0.714. The number of carbonyl (C=O) groups is 1. The number of aliphatic imine (C=N–C) groups is 1. The summed E-state index contributed by atoms with van der Waals surface area (Å²) in [5, 5.41) is 0. The van der Waals surface area contributed by atoms with Gasteiger partial charge in [0.2, 0.25) is 0 Å². The van der Waals surface area contributed by atoms with E-state index in [0.717, 1.165) is 13.1 Å². The molecule has 0 aliphatic rings. The molecule has 0 rings (SSSR count). The Balaban J connectivity index is 3.78. The summed E-state index contributed by atoms with van der Waals surface area (Å²) in [6.45, 7) is 5.67. The Bertz CT molecular complexity index is 141. The normalized spacial score (nSPS) is 10.1. The van der Waals surface area contributed by atoms with Gasteiger partial charge in [0.05, 0.1) is 13.4 Å². The average Bonchev–Trinajstić information content (AvgIpc) is 2.06. The third-order valence-electron chi connectivity index (χ3n) is 1.31. The molecule has 0 heterocycles. The first kappa shape index (κ1) is 9.94. The summed E-state index contributed by atoms with van der Waals surface area (Å²) < 4.78 is 4.33. The third-order valence-corrected chi connectivity index (χ3v) is 1.31. The maximum absolute atomic E-state index is 10.5. The Morgan fingerprint density at radius 2 is 2.09 bits per heavy atom. The number of hydrogen-bond acceptors (Lipinski definition) is 2. The summed E-state index contributed by atoms with van der Waals surface area (Å²) in [7, 11) is 1.31. The number of rotatable bonds is 3. The molecule has 0 spiro atoms. The molecule has 0 aliphatic heterocycles. The first-order chi connectivity index (χ1) is 5.24. The fourth-order valence-corrected chi connectivity index (χ4v) is 0.568. The smallest absolute Gasteiger partial charge is 0.434 e. The Labute approximate surface area is 66.9 Å². The van der Waals surface area contributed by atoms with Gasteiger partial charge in [0.15, 0.2) is 0 Å². The summed E-state index contributed by atoms with van der Waals surface area (Å²) in [5.41, 5.74) is 0. The second-order valence-electron chi connectivity index (χ2n) is 1.94. The van der Waals surface area contributed by atoms with Crippen molar-refractivity contribution >= 4 is 12.4 Å². The lowest BCUT2D eigenvalue weighted by Crippen LogP contribution is -2.21. The molecule has 4 heteroatoms. The fourth-order valence-electron chi connectivity index (χ4n) is 0.568. The molecule has 0 radical (unpaired) electrons. The number of nitrogens with zero attached hydrogens (tertiary/aromatic N) is 2. The Morgan fingerprint density at radius 3 is 2.45 bits per heavy atom. The molecule has 11 heavy (non-hydrogen) atoms. The van der Waals surface area contributed by atoms with Crippen molar-refractivity contribution in [3.8, 4) is 0 Å². The van der Waals surface area contributed by atoms with E-state index in [1.165, 1.54) is 13.4 Å². The second-order valence-corrected chi connectivity index (χ2v) is 1.94. The lowest BCUT2D eigenvalue weighted by atomic mass is 10.6. The molecule has 0 atom stereocenters. The van der Waals surface area contributed by atoms with Gasteiger partial charge in [0.1, 0.15) is 0 Å². The van der Waals surface area contributed by atoms with Crippen molar-refractivity contribution in [3.05, 3.63) is 0 Å². The van der Waals surface area contributed by atoms with Gasteiger partial charge >= 0.3 is 6.09 Å². The van der Waals surface area contributed by atoms with Gasteiger partial charge in [0.25, 0.3) is 0 Å². The highest BCUT2D eigenvalue weighted by molar-refractivity contribution is 5.78. The van der Waals surface area contributed by atoms with Gasteiger partial charge < -0.3 is 9.64 Å². The number of ether oxygens (including phenoxy) is 1. The van der Waals surface area contributed by atoms with Gasteiger partial charge in [0, 0.05) is 13.1 Å². The van der Waals surface area contributed by atoms with Crippen LogP contribution in [0.15, 0.2) is 4.99 Å². The van der Waals surface area contributed by atoms with Crippen molar-refractivity contribution in [2.75, 3.05) is 20.2 Å². The highest BCUT2D eigenvalue weighted by atomic mass is 16.5. The number of hydrogen-bond donors (Lipinski definition) is 0. The van der Waals surface area contributed by atoms with E-state index in [0.29, 0.717) is 0 Å². The van der Waals surface area contributed by atoms with Crippen LogP contribution in [-0.4, -0.2) is 37.5 Å². The molecule has 0 saturated carbocycles. The Morgan fingerprint density at radius 1 is 1.55 bits per heavy atom. The highest BCUT2D eigenvalue weighted by Crippen LogP contribution is 1.83. The van der Waals surface area contributed by atoms with Crippen molar-refractivity contribution in [1.29, 1.82) is 0 Å². The second kappa shape index (κ2) is 5.70. The first-order valence-electron chi connectivity index (χ1n) is 3.60. The lowest BCUT2D eigenvalue weighted by Gasteiger charge is -2.12. The van der Waals surface area contributed by atoms with E-state index in [1.807, 2.05) is 18.7 Å². The van der Waals surface area contributed by atoms with E-state index in [-0.39, 0.29) is 0 Å². The highest BCUT2D eigenvalue weighted by Gasteiger charge is 1.94. The molecule has 0 aromatic heterocycles. The predicted molar refractivity (Wildman–Crippen MR) is 43.8 cm³/mol. The minimum atomic E-state index is -0.558. The molecule has 0 N–H and O–H groups in total. The van der Waals surface area contributed by atoms with Crippen LogP contribution in [0, 0.1) is 0 Å². The zero-order valence-electron chi connectivity index (χ0n) is 7.20. The Hall–Kier alpha value is -1.06. The summed E-state index contributed by atoms with van der Waals surface area (Å²) in [4.78, 5) is 15.9. The maximum Gasteiger partial charge on any atom is 0.434 e. The van der Waals surface area contributed by atoms with E-state index >= 15 is 0 Å². The molecule has 0 bridgehead atoms. The molecular formula is C7H14N2O2. The minimum absolute atomic E-state index is 0.558. The van der Waals surface area contributed by atoms with Gasteiger partial charge in [-0.1, -0.05) is 0 Å². The molecule has 0 aromatic carbocycles. The van der Waals surface area contributed by atoms with Crippen molar-refractivity contribution < 1.29 is 9.53 Å². The van der Waals surface area contributed by atoms with E-state index in [2.05, 4.69) is 9.73 Å². The number of amides is 1. The van der Waals surface area contributed by atoms with Crippen LogP contribution >= 0.6 is 0 Å². The van der Waals surface area contributed by atoms with Crippen LogP contribution in [0.25, 0.3) is 0 Å². The standard InChI is InChI=1S/C7H14N2O2/c1-4-9(5-2)6-8-7(10)11-3/h6H,4-5H2,1-3H3. The van der Waals surface area contributed by atoms with E-state index in [1.54, 1.807) is 0 Å². The lowest BCUT2D eigenvalue weighted by molar-refractivity contribution is 0.182. The van der Waals surface area contributed by atoms with Crippen LogP contribution in [0.2, 0.25) is 0 Å². The van der Waals surface area contributed by atoms with E-state index < -0.39 is 6.09 Å². The topological polar surface area (TPSA) is 41.9 Å². The van der Waals surface area contributed by atoms with Crippen LogP contribution in [0.3, 0.4) is 0 Å². The van der Waals surface area contributed by atoms with Crippen LogP contribution in [0.5, 0.6) is 0 Å². The SMILES string of the molecule is CCN(C=NC(=O)OC)CC. The molecule has 0 aromatic rings. The Kier molecular flexibility index (Phi) is 5.15. The van der Waals surface area contributed by atoms with Crippen molar-refractivity contribution in [2.45, 2.75) is 13.8 Å². The van der Waals surface area contributed by atoms with Crippen molar-refractivity contribution in [2.24, 2.45) is 4.99 Å². The molecule has 0 unspecified atom stereocenters.